The molecule has 2 rings (SSSR count). The van der Waals surface area contributed by atoms with Crippen molar-refractivity contribution in [1.29, 1.82) is 0 Å². The number of aromatic nitrogens is 1. The lowest BCUT2D eigenvalue weighted by Crippen LogP contribution is -2.56. The standard InChI is InChI=1S/C12H15BrN4O3/c13-8-1-2-10(15-5-8)16-11(18)7-17-4-3-14-6-9(17)12(19)20/h1-2,5,9,14H,3-4,6-7H2,(H,19,20)(H,15,16,18). The highest BCUT2D eigenvalue weighted by Gasteiger charge is 2.29. The van der Waals surface area contributed by atoms with Crippen LogP contribution in [0.5, 0.6) is 0 Å². The summed E-state index contributed by atoms with van der Waals surface area (Å²) in [6.45, 7) is 1.58. The lowest BCUT2D eigenvalue weighted by atomic mass is 10.2. The molecule has 1 atom stereocenters. The van der Waals surface area contributed by atoms with Gasteiger partial charge in [-0.2, -0.15) is 0 Å². The van der Waals surface area contributed by atoms with Crippen LogP contribution in [-0.4, -0.2) is 59.1 Å². The third-order valence-electron chi connectivity index (χ3n) is 2.98. The van der Waals surface area contributed by atoms with E-state index in [2.05, 4.69) is 31.5 Å². The number of aliphatic carboxylic acids is 1. The topological polar surface area (TPSA) is 94.6 Å². The molecular weight excluding hydrogens is 328 g/mol. The molecule has 8 heteroatoms. The van der Waals surface area contributed by atoms with E-state index in [1.807, 2.05) is 0 Å². The molecule has 1 aliphatic rings. The Hall–Kier alpha value is -1.51. The maximum absolute atomic E-state index is 11.9. The summed E-state index contributed by atoms with van der Waals surface area (Å²) in [5.41, 5.74) is 0. The van der Waals surface area contributed by atoms with E-state index < -0.39 is 12.0 Å². The molecule has 0 radical (unpaired) electrons. The molecular formula is C12H15BrN4O3. The quantitative estimate of drug-likeness (QED) is 0.720. The van der Waals surface area contributed by atoms with Crippen LogP contribution in [-0.2, 0) is 9.59 Å². The van der Waals surface area contributed by atoms with Gasteiger partial charge in [0.2, 0.25) is 5.91 Å². The van der Waals surface area contributed by atoms with Gasteiger partial charge in [-0.05, 0) is 28.1 Å². The second kappa shape index (κ2) is 6.78. The van der Waals surface area contributed by atoms with Crippen molar-refractivity contribution in [2.75, 3.05) is 31.5 Å². The van der Waals surface area contributed by atoms with Gasteiger partial charge in [0.1, 0.15) is 11.9 Å². The summed E-state index contributed by atoms with van der Waals surface area (Å²) in [5.74, 6) is -0.750. The molecule has 1 aliphatic heterocycles. The van der Waals surface area contributed by atoms with Crippen molar-refractivity contribution in [3.05, 3.63) is 22.8 Å². The van der Waals surface area contributed by atoms with Crippen LogP contribution >= 0.6 is 15.9 Å². The molecule has 2 heterocycles. The molecule has 1 aromatic heterocycles. The Kier molecular flexibility index (Phi) is 5.05. The molecule has 0 aromatic carbocycles. The number of halogens is 1. The van der Waals surface area contributed by atoms with Gasteiger partial charge in [-0.25, -0.2) is 4.98 Å². The van der Waals surface area contributed by atoms with E-state index in [0.717, 1.165) is 4.47 Å². The molecule has 0 saturated carbocycles. The Bertz CT molecular complexity index is 494. The number of amides is 1. The zero-order valence-electron chi connectivity index (χ0n) is 10.7. The molecule has 1 saturated heterocycles. The minimum atomic E-state index is -0.924. The third kappa shape index (κ3) is 3.99. The zero-order valence-corrected chi connectivity index (χ0v) is 12.3. The van der Waals surface area contributed by atoms with Crippen molar-refractivity contribution in [1.82, 2.24) is 15.2 Å². The van der Waals surface area contributed by atoms with E-state index in [-0.39, 0.29) is 12.5 Å². The summed E-state index contributed by atoms with van der Waals surface area (Å²) in [5, 5.41) is 14.8. The minimum absolute atomic E-state index is 0.0381. The lowest BCUT2D eigenvalue weighted by Gasteiger charge is -2.32. The smallest absolute Gasteiger partial charge is 0.322 e. The van der Waals surface area contributed by atoms with E-state index in [1.54, 1.807) is 23.2 Å². The van der Waals surface area contributed by atoms with E-state index in [9.17, 15) is 9.59 Å². The van der Waals surface area contributed by atoms with Crippen LogP contribution in [0.3, 0.4) is 0 Å². The summed E-state index contributed by atoms with van der Waals surface area (Å²) in [7, 11) is 0. The van der Waals surface area contributed by atoms with E-state index in [4.69, 9.17) is 5.11 Å². The normalized spacial score (nSPS) is 19.6. The summed E-state index contributed by atoms with van der Waals surface area (Å²) >= 11 is 3.26. The van der Waals surface area contributed by atoms with Gasteiger partial charge >= 0.3 is 5.97 Å². The Morgan fingerprint density at radius 2 is 2.35 bits per heavy atom. The first kappa shape index (κ1) is 14.9. The Morgan fingerprint density at radius 3 is 3.00 bits per heavy atom. The highest BCUT2D eigenvalue weighted by Crippen LogP contribution is 2.11. The second-order valence-corrected chi connectivity index (χ2v) is 5.35. The first-order valence-corrected chi connectivity index (χ1v) is 6.94. The third-order valence-corrected chi connectivity index (χ3v) is 3.45. The summed E-state index contributed by atoms with van der Waals surface area (Å²) in [6, 6.07) is 2.77. The average Bonchev–Trinajstić information content (AvgIpc) is 2.41. The molecule has 1 amide bonds. The van der Waals surface area contributed by atoms with Crippen LogP contribution in [0.4, 0.5) is 5.82 Å². The number of hydrogen-bond donors (Lipinski definition) is 3. The lowest BCUT2D eigenvalue weighted by molar-refractivity contribution is -0.144. The SMILES string of the molecule is O=C(CN1CCNCC1C(=O)O)Nc1ccc(Br)cn1. The number of pyridine rings is 1. The van der Waals surface area contributed by atoms with Crippen LogP contribution in [0, 0.1) is 0 Å². The monoisotopic (exact) mass is 342 g/mol. The van der Waals surface area contributed by atoms with Gasteiger partial charge in [-0.3, -0.25) is 14.5 Å². The minimum Gasteiger partial charge on any atom is -0.480 e. The van der Waals surface area contributed by atoms with Crippen molar-refractivity contribution in [3.8, 4) is 0 Å². The molecule has 108 valence electrons. The Balaban J connectivity index is 1.92. The van der Waals surface area contributed by atoms with E-state index in [1.165, 1.54) is 0 Å². The fourth-order valence-electron chi connectivity index (χ4n) is 2.00. The first-order valence-electron chi connectivity index (χ1n) is 6.15. The number of carbonyl (C=O) groups is 2. The van der Waals surface area contributed by atoms with Gasteiger partial charge in [-0.1, -0.05) is 0 Å². The second-order valence-electron chi connectivity index (χ2n) is 4.44. The number of rotatable bonds is 4. The Morgan fingerprint density at radius 1 is 1.55 bits per heavy atom. The highest BCUT2D eigenvalue weighted by molar-refractivity contribution is 9.10. The van der Waals surface area contributed by atoms with Crippen LogP contribution < -0.4 is 10.6 Å². The molecule has 1 fully saturated rings. The van der Waals surface area contributed by atoms with Crippen LogP contribution in [0.15, 0.2) is 22.8 Å². The number of hydrogen-bond acceptors (Lipinski definition) is 5. The fraction of sp³-hybridized carbons (Fsp3) is 0.417. The van der Waals surface area contributed by atoms with Gasteiger partial charge < -0.3 is 15.7 Å². The summed E-state index contributed by atoms with van der Waals surface area (Å²) in [4.78, 5) is 28.7. The number of piperazine rings is 1. The number of carboxylic acid groups (broad SMARTS) is 1. The summed E-state index contributed by atoms with van der Waals surface area (Å²) < 4.78 is 0.823. The highest BCUT2D eigenvalue weighted by atomic mass is 79.9. The number of carboxylic acids is 1. The molecule has 0 aliphatic carbocycles. The van der Waals surface area contributed by atoms with Gasteiger partial charge in [0, 0.05) is 30.3 Å². The largest absolute Gasteiger partial charge is 0.480 e. The van der Waals surface area contributed by atoms with Crippen molar-refractivity contribution < 1.29 is 14.7 Å². The fourth-order valence-corrected chi connectivity index (χ4v) is 2.23. The summed E-state index contributed by atoms with van der Waals surface area (Å²) in [6.07, 6.45) is 1.58. The average molecular weight is 343 g/mol. The molecule has 1 aromatic rings. The van der Waals surface area contributed by atoms with Gasteiger partial charge in [0.15, 0.2) is 0 Å². The van der Waals surface area contributed by atoms with Crippen LogP contribution in [0.1, 0.15) is 0 Å². The number of nitrogens with zero attached hydrogens (tertiary/aromatic N) is 2. The van der Waals surface area contributed by atoms with E-state index in [0.29, 0.717) is 25.5 Å². The number of anilines is 1. The predicted octanol–water partition coefficient (Wildman–Crippen LogP) is 0.141. The Labute approximate surface area is 124 Å². The van der Waals surface area contributed by atoms with Crippen molar-refractivity contribution in [3.63, 3.8) is 0 Å². The molecule has 20 heavy (non-hydrogen) atoms. The number of carbonyl (C=O) groups excluding carboxylic acids is 1. The molecule has 3 N–H and O–H groups in total. The van der Waals surface area contributed by atoms with Crippen LogP contribution in [0.25, 0.3) is 0 Å². The van der Waals surface area contributed by atoms with Crippen molar-refractivity contribution in [2.45, 2.75) is 6.04 Å². The maximum atomic E-state index is 11.9. The molecule has 0 bridgehead atoms. The van der Waals surface area contributed by atoms with Crippen molar-refractivity contribution >= 4 is 33.6 Å². The number of nitrogens with one attached hydrogen (secondary N) is 2. The zero-order chi connectivity index (χ0) is 14.5. The van der Waals surface area contributed by atoms with E-state index >= 15 is 0 Å². The van der Waals surface area contributed by atoms with Gasteiger partial charge in [0.05, 0.1) is 6.54 Å². The van der Waals surface area contributed by atoms with Gasteiger partial charge in [-0.15, -0.1) is 0 Å². The first-order chi connectivity index (χ1) is 9.56. The molecule has 7 nitrogen and oxygen atoms in total. The van der Waals surface area contributed by atoms with Crippen LogP contribution in [0.2, 0.25) is 0 Å². The molecule has 0 spiro atoms. The molecule has 1 unspecified atom stereocenters. The van der Waals surface area contributed by atoms with Gasteiger partial charge in [0.25, 0.3) is 0 Å². The predicted molar refractivity (Wildman–Crippen MR) is 76.4 cm³/mol. The van der Waals surface area contributed by atoms with Crippen molar-refractivity contribution in [2.24, 2.45) is 0 Å². The maximum Gasteiger partial charge on any atom is 0.322 e.